The van der Waals surface area contributed by atoms with Gasteiger partial charge in [-0.25, -0.2) is 4.39 Å². The lowest BCUT2D eigenvalue weighted by molar-refractivity contribution is 0.0875. The van der Waals surface area contributed by atoms with Gasteiger partial charge in [-0.15, -0.1) is 0 Å². The number of Topliss-reactive ketones (excluding diaryl/α,β-unsaturated/α-hetero) is 1. The van der Waals surface area contributed by atoms with Gasteiger partial charge in [0, 0.05) is 13.0 Å². The number of hydrogen-bond acceptors (Lipinski definition) is 2. The van der Waals surface area contributed by atoms with Crippen LogP contribution in [-0.4, -0.2) is 19.0 Å². The molecule has 0 fully saturated rings. The van der Waals surface area contributed by atoms with E-state index in [1.807, 2.05) is 6.92 Å². The maximum Gasteiger partial charge on any atom is 0.168 e. The lowest BCUT2D eigenvalue weighted by Gasteiger charge is -2.04. The minimum atomic E-state index is -0.497. The Bertz CT molecular complexity index is 366. The fourth-order valence-corrected chi connectivity index (χ4v) is 1.63. The first-order valence-corrected chi connectivity index (χ1v) is 6.01. The Morgan fingerprint density at radius 3 is 2.88 bits per heavy atom. The van der Waals surface area contributed by atoms with Gasteiger partial charge in [0.15, 0.2) is 5.78 Å². The van der Waals surface area contributed by atoms with Crippen molar-refractivity contribution in [3.05, 3.63) is 34.1 Å². The zero-order chi connectivity index (χ0) is 12.0. The van der Waals surface area contributed by atoms with Crippen LogP contribution < -0.4 is 0 Å². The SMILES string of the molecule is CCCOCCC(=O)c1cccc(Br)c1F. The summed E-state index contributed by atoms with van der Waals surface area (Å²) in [4.78, 5) is 11.6. The Kier molecular flexibility index (Phi) is 5.63. The molecule has 2 nitrogen and oxygen atoms in total. The summed E-state index contributed by atoms with van der Waals surface area (Å²) >= 11 is 3.05. The summed E-state index contributed by atoms with van der Waals surface area (Å²) in [6.07, 6.45) is 1.13. The van der Waals surface area contributed by atoms with Crippen LogP contribution in [0.25, 0.3) is 0 Å². The number of carbonyl (C=O) groups excluding carboxylic acids is 1. The summed E-state index contributed by atoms with van der Waals surface area (Å²) in [5.74, 6) is -0.724. The largest absolute Gasteiger partial charge is 0.381 e. The third kappa shape index (κ3) is 3.68. The van der Waals surface area contributed by atoms with Gasteiger partial charge in [0.1, 0.15) is 5.82 Å². The summed E-state index contributed by atoms with van der Waals surface area (Å²) in [7, 11) is 0. The van der Waals surface area contributed by atoms with Gasteiger partial charge in [-0.3, -0.25) is 4.79 Å². The number of halogens is 2. The van der Waals surface area contributed by atoms with Crippen molar-refractivity contribution in [1.29, 1.82) is 0 Å². The third-order valence-electron chi connectivity index (χ3n) is 2.07. The first-order chi connectivity index (χ1) is 7.66. The van der Waals surface area contributed by atoms with E-state index in [1.165, 1.54) is 6.07 Å². The minimum Gasteiger partial charge on any atom is -0.381 e. The average molecular weight is 289 g/mol. The molecule has 0 atom stereocenters. The Morgan fingerprint density at radius 1 is 1.44 bits per heavy atom. The van der Waals surface area contributed by atoms with Crippen LogP contribution in [0.15, 0.2) is 22.7 Å². The minimum absolute atomic E-state index is 0.120. The summed E-state index contributed by atoms with van der Waals surface area (Å²) in [5.41, 5.74) is 0.120. The molecule has 0 spiro atoms. The highest BCUT2D eigenvalue weighted by atomic mass is 79.9. The van der Waals surface area contributed by atoms with E-state index in [2.05, 4.69) is 15.9 Å². The molecule has 1 aromatic rings. The maximum atomic E-state index is 13.5. The van der Waals surface area contributed by atoms with E-state index < -0.39 is 5.82 Å². The van der Waals surface area contributed by atoms with Gasteiger partial charge in [0.05, 0.1) is 16.6 Å². The highest BCUT2D eigenvalue weighted by Crippen LogP contribution is 2.19. The van der Waals surface area contributed by atoms with Crippen molar-refractivity contribution in [1.82, 2.24) is 0 Å². The van der Waals surface area contributed by atoms with Gasteiger partial charge < -0.3 is 4.74 Å². The van der Waals surface area contributed by atoms with Crippen molar-refractivity contribution in [2.24, 2.45) is 0 Å². The molecule has 0 aliphatic carbocycles. The van der Waals surface area contributed by atoms with Crippen LogP contribution >= 0.6 is 15.9 Å². The van der Waals surface area contributed by atoms with Gasteiger partial charge in [0.25, 0.3) is 0 Å². The second-order valence-electron chi connectivity index (χ2n) is 3.39. The summed E-state index contributed by atoms with van der Waals surface area (Å²) in [6, 6.07) is 4.70. The normalized spacial score (nSPS) is 10.4. The smallest absolute Gasteiger partial charge is 0.168 e. The fourth-order valence-electron chi connectivity index (χ4n) is 1.27. The van der Waals surface area contributed by atoms with Gasteiger partial charge in [-0.1, -0.05) is 13.0 Å². The van der Waals surface area contributed by atoms with Crippen LogP contribution in [0.3, 0.4) is 0 Å². The van der Waals surface area contributed by atoms with E-state index in [4.69, 9.17) is 4.74 Å². The van der Waals surface area contributed by atoms with Crippen LogP contribution in [0, 0.1) is 5.82 Å². The highest BCUT2D eigenvalue weighted by molar-refractivity contribution is 9.10. The first kappa shape index (κ1) is 13.3. The monoisotopic (exact) mass is 288 g/mol. The predicted molar refractivity (Wildman–Crippen MR) is 64.2 cm³/mol. The summed E-state index contributed by atoms with van der Waals surface area (Å²) in [6.45, 7) is 2.97. The highest BCUT2D eigenvalue weighted by Gasteiger charge is 2.13. The molecule has 0 N–H and O–H groups in total. The lowest BCUT2D eigenvalue weighted by atomic mass is 10.1. The number of carbonyl (C=O) groups is 1. The molecule has 0 aromatic heterocycles. The number of benzene rings is 1. The van der Waals surface area contributed by atoms with Crippen molar-refractivity contribution in [3.63, 3.8) is 0 Å². The molecule has 1 aromatic carbocycles. The Balaban J connectivity index is 2.56. The zero-order valence-corrected chi connectivity index (χ0v) is 10.7. The first-order valence-electron chi connectivity index (χ1n) is 5.21. The molecule has 0 aliphatic heterocycles. The quantitative estimate of drug-likeness (QED) is 0.591. The fraction of sp³-hybridized carbons (Fsp3) is 0.417. The molecule has 88 valence electrons. The molecule has 0 amide bonds. The molecular weight excluding hydrogens is 275 g/mol. The summed E-state index contributed by atoms with van der Waals surface area (Å²) in [5, 5.41) is 0. The second kappa shape index (κ2) is 6.76. The van der Waals surface area contributed by atoms with Crippen LogP contribution in [0.2, 0.25) is 0 Å². The van der Waals surface area contributed by atoms with Gasteiger partial charge in [-0.2, -0.15) is 0 Å². The zero-order valence-electron chi connectivity index (χ0n) is 9.13. The van der Waals surface area contributed by atoms with E-state index in [0.717, 1.165) is 6.42 Å². The standard InChI is InChI=1S/C12H14BrFO2/c1-2-7-16-8-6-11(15)9-4-3-5-10(13)12(9)14/h3-5H,2,6-8H2,1H3. The van der Waals surface area contributed by atoms with Crippen LogP contribution in [0.4, 0.5) is 4.39 Å². The molecule has 0 unspecified atom stereocenters. The van der Waals surface area contributed by atoms with E-state index in [9.17, 15) is 9.18 Å². The molecule has 0 bridgehead atoms. The van der Waals surface area contributed by atoms with Crippen LogP contribution in [0.5, 0.6) is 0 Å². The molecule has 0 saturated carbocycles. The van der Waals surface area contributed by atoms with Crippen molar-refractivity contribution in [2.45, 2.75) is 19.8 Å². The molecule has 0 radical (unpaired) electrons. The van der Waals surface area contributed by atoms with Crippen LogP contribution in [0.1, 0.15) is 30.1 Å². The molecular formula is C12H14BrFO2. The summed E-state index contributed by atoms with van der Waals surface area (Å²) < 4.78 is 19.0. The second-order valence-corrected chi connectivity index (χ2v) is 4.24. The van der Waals surface area contributed by atoms with Gasteiger partial charge in [-0.05, 0) is 34.5 Å². The maximum absolute atomic E-state index is 13.5. The number of ether oxygens (including phenoxy) is 1. The van der Waals surface area contributed by atoms with E-state index >= 15 is 0 Å². The Labute approximate surface area is 103 Å². The molecule has 0 aliphatic rings. The number of ketones is 1. The van der Waals surface area contributed by atoms with Crippen molar-refractivity contribution in [3.8, 4) is 0 Å². The molecule has 16 heavy (non-hydrogen) atoms. The molecule has 0 heterocycles. The Hall–Kier alpha value is -0.740. The number of rotatable bonds is 6. The van der Waals surface area contributed by atoms with E-state index in [1.54, 1.807) is 12.1 Å². The number of hydrogen-bond donors (Lipinski definition) is 0. The molecule has 4 heteroatoms. The average Bonchev–Trinajstić information content (AvgIpc) is 2.28. The molecule has 0 saturated heterocycles. The lowest BCUT2D eigenvalue weighted by Crippen LogP contribution is -2.07. The molecule has 1 rings (SSSR count). The van der Waals surface area contributed by atoms with Crippen LogP contribution in [-0.2, 0) is 4.74 Å². The Morgan fingerprint density at radius 2 is 2.19 bits per heavy atom. The predicted octanol–water partition coefficient (Wildman–Crippen LogP) is 3.59. The van der Waals surface area contributed by atoms with Gasteiger partial charge >= 0.3 is 0 Å². The topological polar surface area (TPSA) is 26.3 Å². The van der Waals surface area contributed by atoms with E-state index in [-0.39, 0.29) is 17.8 Å². The van der Waals surface area contributed by atoms with Gasteiger partial charge in [0.2, 0.25) is 0 Å². The van der Waals surface area contributed by atoms with Crippen molar-refractivity contribution >= 4 is 21.7 Å². The van der Waals surface area contributed by atoms with E-state index in [0.29, 0.717) is 17.7 Å². The van der Waals surface area contributed by atoms with Crippen molar-refractivity contribution < 1.29 is 13.9 Å². The third-order valence-corrected chi connectivity index (χ3v) is 2.69. The van der Waals surface area contributed by atoms with Crippen molar-refractivity contribution in [2.75, 3.05) is 13.2 Å².